The van der Waals surface area contributed by atoms with Crippen LogP contribution in [0.25, 0.3) is 0 Å². The van der Waals surface area contributed by atoms with Gasteiger partial charge in [-0.15, -0.1) is 0 Å². The molecule has 0 atom stereocenters. The van der Waals surface area contributed by atoms with E-state index < -0.39 is 0 Å². The standard InChI is InChI=1S/C5H5N.C4H7N3/c1-2-4-6-5-3-1;1-7-3-2-4(5)6-7/h1-5H;2-3H,1H3,(H2,5,6). The fourth-order valence-electron chi connectivity index (χ4n) is 0.746. The normalized spacial score (nSPS) is 8.69. The number of nitrogens with zero attached hydrogens (tertiary/aromatic N) is 3. The summed E-state index contributed by atoms with van der Waals surface area (Å²) in [5, 5.41) is 3.81. The molecular formula is C9H12N4. The molecule has 0 aliphatic rings. The number of hydrogen-bond donors (Lipinski definition) is 1. The maximum absolute atomic E-state index is 5.25. The number of nitrogen functional groups attached to an aromatic ring is 1. The van der Waals surface area contributed by atoms with E-state index in [1.807, 2.05) is 25.2 Å². The zero-order chi connectivity index (χ0) is 9.52. The van der Waals surface area contributed by atoms with Crippen molar-refractivity contribution in [2.24, 2.45) is 7.05 Å². The van der Waals surface area contributed by atoms with Gasteiger partial charge in [-0.1, -0.05) is 6.07 Å². The van der Waals surface area contributed by atoms with Crippen LogP contribution in [0.15, 0.2) is 42.9 Å². The van der Waals surface area contributed by atoms with Gasteiger partial charge in [0.1, 0.15) is 5.82 Å². The Morgan fingerprint density at radius 2 is 1.92 bits per heavy atom. The van der Waals surface area contributed by atoms with Crippen molar-refractivity contribution >= 4 is 5.82 Å². The first kappa shape index (κ1) is 9.25. The van der Waals surface area contributed by atoms with E-state index >= 15 is 0 Å². The SMILES string of the molecule is Cn1ccc(N)n1.c1ccncc1. The first-order valence-electron chi connectivity index (χ1n) is 3.89. The average molecular weight is 176 g/mol. The van der Waals surface area contributed by atoms with Gasteiger partial charge in [-0.2, -0.15) is 5.10 Å². The number of anilines is 1. The predicted molar refractivity (Wildman–Crippen MR) is 51.9 cm³/mol. The van der Waals surface area contributed by atoms with Crippen molar-refractivity contribution in [3.8, 4) is 0 Å². The molecule has 4 nitrogen and oxygen atoms in total. The van der Waals surface area contributed by atoms with Gasteiger partial charge in [0, 0.05) is 25.6 Å². The van der Waals surface area contributed by atoms with E-state index in [-0.39, 0.29) is 0 Å². The number of aryl methyl sites for hydroxylation is 1. The van der Waals surface area contributed by atoms with E-state index in [1.165, 1.54) is 0 Å². The Morgan fingerprint density at radius 3 is 2.08 bits per heavy atom. The summed E-state index contributed by atoms with van der Waals surface area (Å²) in [5.41, 5.74) is 5.25. The Labute approximate surface area is 77.0 Å². The number of hydrogen-bond acceptors (Lipinski definition) is 3. The Bertz CT molecular complexity index is 285. The van der Waals surface area contributed by atoms with Crippen LogP contribution in [-0.2, 0) is 7.05 Å². The molecule has 0 saturated carbocycles. The van der Waals surface area contributed by atoms with Crippen molar-refractivity contribution in [1.82, 2.24) is 14.8 Å². The molecule has 68 valence electrons. The van der Waals surface area contributed by atoms with Crippen LogP contribution in [0.2, 0.25) is 0 Å². The van der Waals surface area contributed by atoms with Crippen LogP contribution in [-0.4, -0.2) is 14.8 Å². The fourth-order valence-corrected chi connectivity index (χ4v) is 0.746. The molecule has 2 aromatic heterocycles. The summed E-state index contributed by atoms with van der Waals surface area (Å²) in [6.07, 6.45) is 5.30. The van der Waals surface area contributed by atoms with E-state index in [0.29, 0.717) is 5.82 Å². The van der Waals surface area contributed by atoms with E-state index in [1.54, 1.807) is 29.3 Å². The molecule has 0 fully saturated rings. The van der Waals surface area contributed by atoms with Gasteiger partial charge < -0.3 is 5.73 Å². The van der Waals surface area contributed by atoms with E-state index in [2.05, 4.69) is 10.1 Å². The number of rotatable bonds is 0. The second kappa shape index (κ2) is 4.92. The van der Waals surface area contributed by atoms with Crippen LogP contribution < -0.4 is 5.73 Å². The van der Waals surface area contributed by atoms with Crippen LogP contribution in [0.1, 0.15) is 0 Å². The van der Waals surface area contributed by atoms with Gasteiger partial charge >= 0.3 is 0 Å². The first-order valence-corrected chi connectivity index (χ1v) is 3.89. The smallest absolute Gasteiger partial charge is 0.145 e. The van der Waals surface area contributed by atoms with Crippen LogP contribution in [0, 0.1) is 0 Å². The van der Waals surface area contributed by atoms with Gasteiger partial charge in [-0.05, 0) is 18.2 Å². The Balaban J connectivity index is 0.000000132. The molecule has 0 spiro atoms. The van der Waals surface area contributed by atoms with Crippen molar-refractivity contribution in [3.63, 3.8) is 0 Å². The van der Waals surface area contributed by atoms with E-state index in [9.17, 15) is 0 Å². The molecule has 2 N–H and O–H groups in total. The van der Waals surface area contributed by atoms with Crippen molar-refractivity contribution in [3.05, 3.63) is 42.9 Å². The molecule has 0 saturated heterocycles. The van der Waals surface area contributed by atoms with Crippen LogP contribution in [0.5, 0.6) is 0 Å². The largest absolute Gasteiger partial charge is 0.382 e. The zero-order valence-electron chi connectivity index (χ0n) is 7.46. The summed E-state index contributed by atoms with van der Waals surface area (Å²) in [4.78, 5) is 3.78. The molecule has 0 aliphatic heterocycles. The van der Waals surface area contributed by atoms with Crippen LogP contribution >= 0.6 is 0 Å². The topological polar surface area (TPSA) is 56.7 Å². The summed E-state index contributed by atoms with van der Waals surface area (Å²) >= 11 is 0. The maximum Gasteiger partial charge on any atom is 0.145 e. The lowest BCUT2D eigenvalue weighted by Crippen LogP contribution is -1.89. The van der Waals surface area contributed by atoms with Crippen LogP contribution in [0.4, 0.5) is 5.82 Å². The fraction of sp³-hybridized carbons (Fsp3) is 0.111. The maximum atomic E-state index is 5.25. The third-order valence-corrected chi connectivity index (χ3v) is 1.30. The number of nitrogens with two attached hydrogens (primary N) is 1. The van der Waals surface area contributed by atoms with Gasteiger partial charge in [-0.3, -0.25) is 9.67 Å². The highest BCUT2D eigenvalue weighted by atomic mass is 15.3. The molecule has 0 aromatic carbocycles. The minimum atomic E-state index is 0.572. The monoisotopic (exact) mass is 176 g/mol. The summed E-state index contributed by atoms with van der Waals surface area (Å²) in [5.74, 6) is 0.572. The lowest BCUT2D eigenvalue weighted by Gasteiger charge is -1.79. The van der Waals surface area contributed by atoms with Crippen molar-refractivity contribution in [2.75, 3.05) is 5.73 Å². The molecule has 0 aliphatic carbocycles. The van der Waals surface area contributed by atoms with Gasteiger partial charge in [0.25, 0.3) is 0 Å². The third-order valence-electron chi connectivity index (χ3n) is 1.30. The van der Waals surface area contributed by atoms with Gasteiger partial charge in [-0.25, -0.2) is 0 Å². The van der Waals surface area contributed by atoms with Gasteiger partial charge in [0.05, 0.1) is 0 Å². The zero-order valence-corrected chi connectivity index (χ0v) is 7.46. The number of aromatic nitrogens is 3. The quantitative estimate of drug-likeness (QED) is 0.653. The molecule has 2 heterocycles. The second-order valence-corrected chi connectivity index (χ2v) is 2.44. The first-order chi connectivity index (χ1) is 6.29. The van der Waals surface area contributed by atoms with Gasteiger partial charge in [0.2, 0.25) is 0 Å². The Hall–Kier alpha value is -1.84. The lowest BCUT2D eigenvalue weighted by atomic mass is 10.5. The van der Waals surface area contributed by atoms with Crippen molar-refractivity contribution in [2.45, 2.75) is 0 Å². The summed E-state index contributed by atoms with van der Waals surface area (Å²) in [6, 6.07) is 7.47. The molecular weight excluding hydrogens is 164 g/mol. The number of pyridine rings is 1. The molecule has 4 heteroatoms. The van der Waals surface area contributed by atoms with Crippen molar-refractivity contribution in [1.29, 1.82) is 0 Å². The van der Waals surface area contributed by atoms with E-state index in [0.717, 1.165) is 0 Å². The highest BCUT2D eigenvalue weighted by Gasteiger charge is 1.82. The minimum absolute atomic E-state index is 0.572. The lowest BCUT2D eigenvalue weighted by molar-refractivity contribution is 0.772. The van der Waals surface area contributed by atoms with Crippen molar-refractivity contribution < 1.29 is 0 Å². The minimum Gasteiger partial charge on any atom is -0.382 e. The molecule has 2 rings (SSSR count). The molecule has 0 bridgehead atoms. The molecule has 2 aromatic rings. The average Bonchev–Trinajstić information content (AvgIpc) is 2.54. The molecule has 0 amide bonds. The van der Waals surface area contributed by atoms with Crippen LogP contribution in [0.3, 0.4) is 0 Å². The highest BCUT2D eigenvalue weighted by Crippen LogP contribution is 1.90. The third kappa shape index (κ3) is 3.91. The Kier molecular flexibility index (Phi) is 3.50. The van der Waals surface area contributed by atoms with E-state index in [4.69, 9.17) is 5.73 Å². The summed E-state index contributed by atoms with van der Waals surface area (Å²) < 4.78 is 1.66. The summed E-state index contributed by atoms with van der Waals surface area (Å²) in [6.45, 7) is 0. The second-order valence-electron chi connectivity index (χ2n) is 2.44. The predicted octanol–water partition coefficient (Wildman–Crippen LogP) is 1.08. The molecule has 13 heavy (non-hydrogen) atoms. The Morgan fingerprint density at radius 1 is 1.23 bits per heavy atom. The summed E-state index contributed by atoms with van der Waals surface area (Å²) in [7, 11) is 1.83. The molecule has 0 radical (unpaired) electrons. The highest BCUT2D eigenvalue weighted by molar-refractivity contribution is 5.23. The van der Waals surface area contributed by atoms with Gasteiger partial charge in [0.15, 0.2) is 0 Å². The molecule has 0 unspecified atom stereocenters.